The average molecular weight is 1120 g/mol. The van der Waals surface area contributed by atoms with E-state index in [1.165, 1.54) is 58.6 Å². The van der Waals surface area contributed by atoms with Gasteiger partial charge in [-0.25, -0.2) is 0 Å². The van der Waals surface area contributed by atoms with Crippen molar-refractivity contribution in [2.75, 3.05) is 14.7 Å². The Hall–Kier alpha value is -8.37. The normalized spacial score (nSPS) is 13.2. The second-order valence-corrected chi connectivity index (χ2v) is 27.6. The molecule has 6 nitrogen and oxygen atoms in total. The average Bonchev–Trinajstić information content (AvgIpc) is 2.46. The Morgan fingerprint density at radius 2 is 1.17 bits per heavy atom. The molecule has 0 saturated carbocycles. The summed E-state index contributed by atoms with van der Waals surface area (Å²) in [5.74, 6) is 0. The Morgan fingerprint density at radius 1 is 0.518 bits per heavy atom. The molecule has 0 bridgehead atoms. The van der Waals surface area contributed by atoms with Crippen molar-refractivity contribution in [3.63, 3.8) is 0 Å². The fraction of sp³-hybridized carbons (Fsp3) is 0.189. The molecule has 0 amide bonds. The summed E-state index contributed by atoms with van der Waals surface area (Å²) in [7, 11) is 0. The zero-order valence-electron chi connectivity index (χ0n) is 48.9. The van der Waals surface area contributed by atoms with Gasteiger partial charge in [0.15, 0.2) is 0 Å². The molecule has 0 aliphatic carbocycles. The lowest BCUT2D eigenvalue weighted by Gasteiger charge is -2.44. The number of thiophene rings is 1. The monoisotopic (exact) mass is 1120 g/mol. The van der Waals surface area contributed by atoms with Crippen LogP contribution >= 0.6 is 23.1 Å². The second kappa shape index (κ2) is 19.9. The largest absolute Gasteiger partial charge is 0.456 e. The van der Waals surface area contributed by atoms with Crippen LogP contribution in [0.15, 0.2) is 221 Å². The van der Waals surface area contributed by atoms with E-state index in [4.69, 9.17) is 9.40 Å². The summed E-state index contributed by atoms with van der Waals surface area (Å²) in [4.78, 5) is 19.6. The number of rotatable bonds is 9. The van der Waals surface area contributed by atoms with Crippen molar-refractivity contribution >= 4 is 129 Å². The summed E-state index contributed by atoms with van der Waals surface area (Å²) >= 11 is 3.77. The molecule has 0 saturated heterocycles. The number of anilines is 9. The SMILES string of the molecule is CCc1ccc(N(c2ccc(-c3ccccn3)nc2)c2ccc3c(c2)N(c2ccc(C(C)(C)C)cc2)c2cc(Sc4ccc(C(C)(C)C)cc4)cc4c2B3c2sc3ccc(C(C)(C)C)cc3c2N4c2cccc3oc4ccccc4c23)cc1. The van der Waals surface area contributed by atoms with Crippen molar-refractivity contribution in [3.8, 4) is 11.4 Å². The fourth-order valence-electron chi connectivity index (χ4n) is 12.4. The summed E-state index contributed by atoms with van der Waals surface area (Å²) in [5, 5.41) is 3.46. The van der Waals surface area contributed by atoms with Gasteiger partial charge in [-0.1, -0.05) is 160 Å². The quantitative estimate of drug-likeness (QED) is 0.134. The minimum Gasteiger partial charge on any atom is -0.456 e. The summed E-state index contributed by atoms with van der Waals surface area (Å²) < 4.78 is 9.33. The zero-order valence-corrected chi connectivity index (χ0v) is 50.5. The van der Waals surface area contributed by atoms with E-state index in [0.717, 1.165) is 90.1 Å². The van der Waals surface area contributed by atoms with E-state index in [2.05, 4.69) is 265 Å². The van der Waals surface area contributed by atoms with E-state index < -0.39 is 0 Å². The maximum absolute atomic E-state index is 6.75. The summed E-state index contributed by atoms with van der Waals surface area (Å²) in [5.41, 5.74) is 21.0. The molecular formula is C74H66BN5OS2. The van der Waals surface area contributed by atoms with E-state index in [1.807, 2.05) is 53.7 Å². The highest BCUT2D eigenvalue weighted by molar-refractivity contribution is 7.99. The number of hydrogen-bond acceptors (Lipinski definition) is 8. The van der Waals surface area contributed by atoms with Crippen LogP contribution in [0.4, 0.5) is 51.2 Å². The van der Waals surface area contributed by atoms with Gasteiger partial charge < -0.3 is 19.1 Å². The minimum absolute atomic E-state index is 0.0320. The molecule has 0 spiro atoms. The van der Waals surface area contributed by atoms with Crippen molar-refractivity contribution in [2.24, 2.45) is 0 Å². The Labute approximate surface area is 496 Å². The number of para-hydroxylation sites is 1. The first-order valence-electron chi connectivity index (χ1n) is 29.0. The van der Waals surface area contributed by atoms with Crippen LogP contribution in [0.2, 0.25) is 0 Å². The molecule has 9 heteroatoms. The first kappa shape index (κ1) is 52.7. The Balaban J connectivity index is 1.07. The molecule has 0 N–H and O–H groups in total. The number of fused-ring (bicyclic) bond motifs is 9. The van der Waals surface area contributed by atoms with Gasteiger partial charge >= 0.3 is 0 Å². The Bertz CT molecular complexity index is 4450. The number of pyridine rings is 2. The van der Waals surface area contributed by atoms with Crippen LogP contribution in [0.5, 0.6) is 0 Å². The van der Waals surface area contributed by atoms with Crippen molar-refractivity contribution in [3.05, 3.63) is 229 Å². The van der Waals surface area contributed by atoms with Gasteiger partial charge in [0.2, 0.25) is 0 Å². The molecule has 8 aromatic carbocycles. The molecule has 12 aromatic rings. The summed E-state index contributed by atoms with van der Waals surface area (Å²) in [6.45, 7) is 22.8. The van der Waals surface area contributed by atoms with E-state index in [0.29, 0.717) is 0 Å². The number of hydrogen-bond donors (Lipinski definition) is 0. The Kier molecular flexibility index (Phi) is 12.6. The first-order valence-corrected chi connectivity index (χ1v) is 30.7. The van der Waals surface area contributed by atoms with Gasteiger partial charge in [0.05, 0.1) is 40.0 Å². The topological polar surface area (TPSA) is 48.6 Å². The van der Waals surface area contributed by atoms with Crippen LogP contribution < -0.4 is 30.4 Å². The highest BCUT2D eigenvalue weighted by Gasteiger charge is 2.46. The van der Waals surface area contributed by atoms with Crippen molar-refractivity contribution in [1.29, 1.82) is 0 Å². The van der Waals surface area contributed by atoms with Gasteiger partial charge in [0.1, 0.15) is 11.2 Å². The number of aromatic nitrogens is 2. The molecule has 0 unspecified atom stereocenters. The molecule has 4 aromatic heterocycles. The molecule has 0 radical (unpaired) electrons. The lowest BCUT2D eigenvalue weighted by molar-refractivity contribution is 0.589. The predicted molar refractivity (Wildman–Crippen MR) is 355 cm³/mol. The number of nitrogens with zero attached hydrogens (tertiary/aromatic N) is 5. The molecule has 2 aliphatic rings. The molecule has 83 heavy (non-hydrogen) atoms. The van der Waals surface area contributed by atoms with Crippen molar-refractivity contribution in [2.45, 2.75) is 102 Å². The highest BCUT2D eigenvalue weighted by Crippen LogP contribution is 2.53. The van der Waals surface area contributed by atoms with Crippen molar-refractivity contribution in [1.82, 2.24) is 9.97 Å². The third kappa shape index (κ3) is 9.20. The predicted octanol–water partition coefficient (Wildman–Crippen LogP) is 19.4. The lowest BCUT2D eigenvalue weighted by atomic mass is 9.36. The van der Waals surface area contributed by atoms with Gasteiger partial charge in [-0.2, -0.15) is 0 Å². The second-order valence-electron chi connectivity index (χ2n) is 25.4. The van der Waals surface area contributed by atoms with E-state index in [1.54, 1.807) is 0 Å². The van der Waals surface area contributed by atoms with Crippen LogP contribution in [0, 0.1) is 0 Å². The first-order chi connectivity index (χ1) is 40.0. The van der Waals surface area contributed by atoms with Crippen LogP contribution in [0.3, 0.4) is 0 Å². The van der Waals surface area contributed by atoms with Gasteiger partial charge in [0, 0.05) is 70.4 Å². The molecule has 14 rings (SSSR count). The van der Waals surface area contributed by atoms with Gasteiger partial charge in [0.25, 0.3) is 6.71 Å². The number of benzene rings is 8. The zero-order chi connectivity index (χ0) is 57.1. The van der Waals surface area contributed by atoms with E-state index in [9.17, 15) is 0 Å². The minimum atomic E-state index is -0.113. The van der Waals surface area contributed by atoms with Crippen molar-refractivity contribution < 1.29 is 4.42 Å². The molecule has 6 heterocycles. The maximum atomic E-state index is 6.75. The molecule has 2 aliphatic heterocycles. The highest BCUT2D eigenvalue weighted by atomic mass is 32.2. The van der Waals surface area contributed by atoms with Gasteiger partial charge in [-0.05, 0) is 171 Å². The maximum Gasteiger partial charge on any atom is 0.264 e. The molecular weight excluding hydrogens is 1050 g/mol. The molecule has 0 fully saturated rings. The standard InChI is InChI=1S/C74H66BN5OS2/c1-11-46-22-29-50(30-23-46)78(53-34-38-60(77-45-53)59-18-14-15-40-76-59)52-33-37-58-62(42-52)79(51-31-24-47(25-32-51)72(2,3)4)63-43-55(82-54-35-26-48(27-36-54)73(5,6)7)44-64-69(63)75(58)71-70(57-41-49(74(8,9)10)28-39-67(57)83-71)80(64)61-19-16-21-66-68(61)56-17-12-13-20-65(56)81-66/h12-45H,11H2,1-10H3. The lowest BCUT2D eigenvalue weighted by Crippen LogP contribution is -2.60. The van der Waals surface area contributed by atoms with Crippen LogP contribution in [-0.4, -0.2) is 16.7 Å². The fourth-order valence-corrected chi connectivity index (χ4v) is 14.5. The van der Waals surface area contributed by atoms with Gasteiger partial charge in [-0.15, -0.1) is 11.3 Å². The van der Waals surface area contributed by atoms with E-state index in [-0.39, 0.29) is 23.0 Å². The molecule has 0 atom stereocenters. The Morgan fingerprint density at radius 3 is 1.86 bits per heavy atom. The summed E-state index contributed by atoms with van der Waals surface area (Å²) in [6.07, 6.45) is 4.77. The molecule has 408 valence electrons. The number of furan rings is 1. The third-order valence-corrected chi connectivity index (χ3v) is 19.1. The summed E-state index contributed by atoms with van der Waals surface area (Å²) in [6, 6.07) is 72.3. The third-order valence-electron chi connectivity index (χ3n) is 16.8. The number of aryl methyl sites for hydroxylation is 1. The van der Waals surface area contributed by atoms with E-state index >= 15 is 0 Å². The van der Waals surface area contributed by atoms with Crippen LogP contribution in [0.1, 0.15) is 91.5 Å². The van der Waals surface area contributed by atoms with Crippen LogP contribution in [0.25, 0.3) is 43.4 Å². The smallest absolute Gasteiger partial charge is 0.264 e. The van der Waals surface area contributed by atoms with Gasteiger partial charge in [-0.3, -0.25) is 9.97 Å². The van der Waals surface area contributed by atoms with Crippen LogP contribution in [-0.2, 0) is 22.7 Å².